The van der Waals surface area contributed by atoms with Gasteiger partial charge in [0.2, 0.25) is 0 Å². The summed E-state index contributed by atoms with van der Waals surface area (Å²) in [5.74, 6) is 0.468. The van der Waals surface area contributed by atoms with Gasteiger partial charge in [-0.05, 0) is 36.6 Å². The minimum absolute atomic E-state index is 0.273. The number of carbonyl (C=O) groups excluding carboxylic acids is 1. The summed E-state index contributed by atoms with van der Waals surface area (Å²) in [7, 11) is 0. The topological polar surface area (TPSA) is 55.3 Å². The molecule has 0 bridgehead atoms. The van der Waals surface area contributed by atoms with E-state index >= 15 is 0 Å². The Morgan fingerprint density at radius 1 is 1.20 bits per heavy atom. The summed E-state index contributed by atoms with van der Waals surface area (Å²) in [6.07, 6.45) is 8.52. The number of hydrogen-bond acceptors (Lipinski definition) is 5. The van der Waals surface area contributed by atoms with Crippen LogP contribution in [0.25, 0.3) is 0 Å². The van der Waals surface area contributed by atoms with Crippen molar-refractivity contribution in [2.45, 2.75) is 76.6 Å². The van der Waals surface area contributed by atoms with Crippen molar-refractivity contribution in [2.75, 3.05) is 12.8 Å². The molecule has 2 aromatic rings. The standard InChI is InChI=1S/C24H33N3O2S/c1-4-6-8-13-19(5-2)22-20-14-15-27(16-21(20)25-23(26-22)30-3)24(28)29-17-18-11-9-7-10-12-18/h7,9-12,19H,4-6,8,13-17H2,1-3H3. The Kier molecular flexibility index (Phi) is 8.55. The molecule has 1 amide bonds. The SMILES string of the molecule is CCCCCC(CC)c1nc(SC)nc2c1CCN(C(=O)OCc1ccccc1)C2. The molecule has 1 aliphatic heterocycles. The number of thioether (sulfide) groups is 1. The van der Waals surface area contributed by atoms with E-state index in [4.69, 9.17) is 14.7 Å². The van der Waals surface area contributed by atoms with Crippen LogP contribution in [0.5, 0.6) is 0 Å². The maximum atomic E-state index is 12.6. The number of aromatic nitrogens is 2. The van der Waals surface area contributed by atoms with Gasteiger partial charge in [0.25, 0.3) is 0 Å². The number of nitrogens with zero attached hydrogens (tertiary/aromatic N) is 3. The van der Waals surface area contributed by atoms with Crippen molar-refractivity contribution in [3.63, 3.8) is 0 Å². The monoisotopic (exact) mass is 427 g/mol. The third-order valence-electron chi connectivity index (χ3n) is 5.76. The summed E-state index contributed by atoms with van der Waals surface area (Å²) in [5.41, 5.74) is 4.44. The van der Waals surface area contributed by atoms with Crippen molar-refractivity contribution in [1.82, 2.24) is 14.9 Å². The second-order valence-corrected chi connectivity index (χ2v) is 8.61. The fraction of sp³-hybridized carbons (Fsp3) is 0.542. The summed E-state index contributed by atoms with van der Waals surface area (Å²) in [4.78, 5) is 24.1. The first kappa shape index (κ1) is 22.6. The summed E-state index contributed by atoms with van der Waals surface area (Å²) in [5, 5.41) is 0.803. The Morgan fingerprint density at radius 3 is 2.70 bits per heavy atom. The average molecular weight is 428 g/mol. The smallest absolute Gasteiger partial charge is 0.410 e. The number of rotatable bonds is 9. The quantitative estimate of drug-likeness (QED) is 0.280. The summed E-state index contributed by atoms with van der Waals surface area (Å²) < 4.78 is 5.54. The highest BCUT2D eigenvalue weighted by Gasteiger charge is 2.28. The van der Waals surface area contributed by atoms with Gasteiger partial charge in [-0.25, -0.2) is 14.8 Å². The molecule has 3 rings (SSSR count). The van der Waals surface area contributed by atoms with Crippen LogP contribution in [0.1, 0.15) is 74.4 Å². The van der Waals surface area contributed by atoms with E-state index in [9.17, 15) is 4.79 Å². The molecule has 1 aromatic heterocycles. The lowest BCUT2D eigenvalue weighted by Crippen LogP contribution is -2.37. The molecular weight excluding hydrogens is 394 g/mol. The number of carbonyl (C=O) groups is 1. The molecule has 1 aliphatic rings. The number of hydrogen-bond donors (Lipinski definition) is 0. The van der Waals surface area contributed by atoms with Crippen LogP contribution in [0.4, 0.5) is 4.79 Å². The maximum absolute atomic E-state index is 12.6. The molecule has 5 nitrogen and oxygen atoms in total. The van der Waals surface area contributed by atoms with Gasteiger partial charge in [0.05, 0.1) is 17.9 Å². The lowest BCUT2D eigenvalue weighted by Gasteiger charge is -2.30. The van der Waals surface area contributed by atoms with Gasteiger partial charge < -0.3 is 9.64 Å². The van der Waals surface area contributed by atoms with Gasteiger partial charge in [0.15, 0.2) is 5.16 Å². The van der Waals surface area contributed by atoms with E-state index < -0.39 is 0 Å². The van der Waals surface area contributed by atoms with Gasteiger partial charge in [0.1, 0.15) is 6.61 Å². The largest absolute Gasteiger partial charge is 0.445 e. The summed E-state index contributed by atoms with van der Waals surface area (Å²) in [6, 6.07) is 9.79. The zero-order valence-corrected chi connectivity index (χ0v) is 19.2. The first-order valence-electron chi connectivity index (χ1n) is 11.1. The molecule has 1 atom stereocenters. The first-order chi connectivity index (χ1) is 14.7. The number of ether oxygens (including phenoxy) is 1. The number of amides is 1. The fourth-order valence-electron chi connectivity index (χ4n) is 4.01. The molecule has 0 N–H and O–H groups in total. The second kappa shape index (κ2) is 11.3. The van der Waals surface area contributed by atoms with Crippen LogP contribution >= 0.6 is 11.8 Å². The highest BCUT2D eigenvalue weighted by molar-refractivity contribution is 7.98. The van der Waals surface area contributed by atoms with Crippen molar-refractivity contribution in [2.24, 2.45) is 0 Å². The molecule has 0 spiro atoms. The Hall–Kier alpha value is -2.08. The van der Waals surface area contributed by atoms with Gasteiger partial charge in [-0.2, -0.15) is 0 Å². The van der Waals surface area contributed by atoms with Crippen molar-refractivity contribution in [1.29, 1.82) is 0 Å². The molecule has 0 aliphatic carbocycles. The van der Waals surface area contributed by atoms with E-state index in [-0.39, 0.29) is 6.09 Å². The van der Waals surface area contributed by atoms with Crippen LogP contribution < -0.4 is 0 Å². The first-order valence-corrected chi connectivity index (χ1v) is 12.3. The predicted molar refractivity (Wildman–Crippen MR) is 122 cm³/mol. The number of fused-ring (bicyclic) bond motifs is 1. The highest BCUT2D eigenvalue weighted by Crippen LogP contribution is 2.32. The van der Waals surface area contributed by atoms with Crippen LogP contribution in [0.2, 0.25) is 0 Å². The lowest BCUT2D eigenvalue weighted by atomic mass is 9.89. The molecule has 0 radical (unpaired) electrons. The number of benzene rings is 1. The Morgan fingerprint density at radius 2 is 2.00 bits per heavy atom. The minimum Gasteiger partial charge on any atom is -0.445 e. The molecule has 0 fully saturated rings. The van der Waals surface area contributed by atoms with Crippen LogP contribution in [0.15, 0.2) is 35.5 Å². The number of unbranched alkanes of at least 4 members (excludes halogenated alkanes) is 2. The van der Waals surface area contributed by atoms with Gasteiger partial charge in [-0.1, -0.05) is 75.2 Å². The minimum atomic E-state index is -0.273. The van der Waals surface area contributed by atoms with Gasteiger partial charge in [-0.15, -0.1) is 0 Å². The van der Waals surface area contributed by atoms with E-state index in [1.165, 1.54) is 36.9 Å². The Bertz CT molecular complexity index is 829. The van der Waals surface area contributed by atoms with E-state index in [1.807, 2.05) is 36.6 Å². The Labute approximate surface area is 184 Å². The molecule has 30 heavy (non-hydrogen) atoms. The molecule has 6 heteroatoms. The van der Waals surface area contributed by atoms with Crippen molar-refractivity contribution in [3.05, 3.63) is 52.8 Å². The van der Waals surface area contributed by atoms with Gasteiger partial charge >= 0.3 is 6.09 Å². The van der Waals surface area contributed by atoms with Crippen molar-refractivity contribution in [3.8, 4) is 0 Å². The summed E-state index contributed by atoms with van der Waals surface area (Å²) >= 11 is 1.57. The third-order valence-corrected chi connectivity index (χ3v) is 6.31. The van der Waals surface area contributed by atoms with E-state index in [2.05, 4.69) is 13.8 Å². The molecule has 1 unspecified atom stereocenters. The highest BCUT2D eigenvalue weighted by atomic mass is 32.2. The third kappa shape index (κ3) is 5.75. The van der Waals surface area contributed by atoms with Crippen LogP contribution in [0, 0.1) is 0 Å². The van der Waals surface area contributed by atoms with Crippen LogP contribution in [-0.2, 0) is 24.3 Å². The van der Waals surface area contributed by atoms with E-state index in [1.54, 1.807) is 16.7 Å². The lowest BCUT2D eigenvalue weighted by molar-refractivity contribution is 0.0910. The van der Waals surface area contributed by atoms with Crippen LogP contribution in [0.3, 0.4) is 0 Å². The van der Waals surface area contributed by atoms with E-state index in [0.29, 0.717) is 25.6 Å². The van der Waals surface area contributed by atoms with E-state index in [0.717, 1.165) is 29.3 Å². The molecule has 0 saturated heterocycles. The maximum Gasteiger partial charge on any atom is 0.410 e. The molecular formula is C24H33N3O2S. The normalized spacial score (nSPS) is 14.3. The second-order valence-electron chi connectivity index (χ2n) is 7.83. The molecule has 162 valence electrons. The van der Waals surface area contributed by atoms with Crippen LogP contribution in [-0.4, -0.2) is 33.8 Å². The van der Waals surface area contributed by atoms with Gasteiger partial charge in [-0.3, -0.25) is 0 Å². The Balaban J connectivity index is 1.73. The molecule has 0 saturated carbocycles. The fourth-order valence-corrected chi connectivity index (χ4v) is 4.40. The molecule has 2 heterocycles. The summed E-state index contributed by atoms with van der Waals surface area (Å²) in [6.45, 7) is 5.94. The zero-order chi connectivity index (χ0) is 21.3. The van der Waals surface area contributed by atoms with Crippen molar-refractivity contribution < 1.29 is 9.53 Å². The average Bonchev–Trinajstić information content (AvgIpc) is 2.80. The van der Waals surface area contributed by atoms with Gasteiger partial charge in [0, 0.05) is 12.5 Å². The zero-order valence-electron chi connectivity index (χ0n) is 18.4. The predicted octanol–water partition coefficient (Wildman–Crippen LogP) is 5.97. The van der Waals surface area contributed by atoms with Crippen molar-refractivity contribution >= 4 is 17.9 Å². The molecule has 1 aromatic carbocycles.